The Labute approximate surface area is 163 Å². The highest BCUT2D eigenvalue weighted by Gasteiger charge is 2.26. The van der Waals surface area contributed by atoms with E-state index in [2.05, 4.69) is 15.5 Å². The zero-order valence-corrected chi connectivity index (χ0v) is 15.7. The van der Waals surface area contributed by atoms with Crippen LogP contribution in [0.5, 0.6) is 0 Å². The molecular formula is C20H18N4O3S. The van der Waals surface area contributed by atoms with Gasteiger partial charge in [-0.25, -0.2) is 13.8 Å². The van der Waals surface area contributed by atoms with Crippen LogP contribution in [0.25, 0.3) is 0 Å². The minimum atomic E-state index is -3.91. The Morgan fingerprint density at radius 3 is 2.21 bits per heavy atom. The molecule has 0 saturated heterocycles. The molecule has 0 aliphatic carbocycles. The predicted octanol–water partition coefficient (Wildman–Crippen LogP) is 2.43. The number of carbonyl (C=O) groups is 1. The monoisotopic (exact) mass is 394 g/mol. The Hall–Kier alpha value is -3.52. The molecule has 0 saturated carbocycles. The Morgan fingerprint density at radius 1 is 0.964 bits per heavy atom. The van der Waals surface area contributed by atoms with Crippen molar-refractivity contribution in [3.05, 3.63) is 90.8 Å². The molecule has 28 heavy (non-hydrogen) atoms. The van der Waals surface area contributed by atoms with Gasteiger partial charge in [-0.3, -0.25) is 14.1 Å². The largest absolute Gasteiger partial charge is 0.271 e. The lowest BCUT2D eigenvalue weighted by Crippen LogP contribution is -2.39. The number of benzene rings is 2. The standard InChI is InChI=1S/C20H18N4O3S/c25-20(23-22-15-17-11-13-21-14-12-17)16-24(18-7-3-1-4-8-18)28(26,27)19-9-5-2-6-10-19/h1-15H,16H2,(H,23,25)/b22-15-. The van der Waals surface area contributed by atoms with Crippen LogP contribution in [0.1, 0.15) is 5.56 Å². The van der Waals surface area contributed by atoms with Crippen LogP contribution in [0.2, 0.25) is 0 Å². The van der Waals surface area contributed by atoms with Crippen molar-refractivity contribution >= 4 is 27.8 Å². The summed E-state index contributed by atoms with van der Waals surface area (Å²) >= 11 is 0. The summed E-state index contributed by atoms with van der Waals surface area (Å²) in [5.74, 6) is -0.561. The summed E-state index contributed by atoms with van der Waals surface area (Å²) < 4.78 is 27.2. The fourth-order valence-electron chi connectivity index (χ4n) is 2.42. The van der Waals surface area contributed by atoms with E-state index < -0.39 is 22.5 Å². The number of anilines is 1. The first-order valence-electron chi connectivity index (χ1n) is 8.42. The second-order valence-corrected chi connectivity index (χ2v) is 7.60. The Morgan fingerprint density at radius 2 is 1.57 bits per heavy atom. The zero-order valence-electron chi connectivity index (χ0n) is 14.8. The average molecular weight is 394 g/mol. The number of para-hydroxylation sites is 1. The van der Waals surface area contributed by atoms with E-state index >= 15 is 0 Å². The van der Waals surface area contributed by atoms with Gasteiger partial charge in [-0.15, -0.1) is 0 Å². The van der Waals surface area contributed by atoms with E-state index in [1.165, 1.54) is 18.3 Å². The summed E-state index contributed by atoms with van der Waals surface area (Å²) in [6.07, 6.45) is 4.66. The van der Waals surface area contributed by atoms with E-state index in [-0.39, 0.29) is 4.90 Å². The van der Waals surface area contributed by atoms with Crippen LogP contribution in [0.15, 0.2) is 95.2 Å². The molecule has 7 nitrogen and oxygen atoms in total. The summed E-state index contributed by atoms with van der Waals surface area (Å²) in [4.78, 5) is 16.4. The lowest BCUT2D eigenvalue weighted by Gasteiger charge is -2.23. The third-order valence-electron chi connectivity index (χ3n) is 3.77. The molecule has 3 rings (SSSR count). The molecule has 0 aliphatic rings. The molecule has 0 atom stereocenters. The summed E-state index contributed by atoms with van der Waals surface area (Å²) in [6.45, 7) is -0.408. The number of rotatable bonds is 7. The first kappa shape index (κ1) is 19.2. The molecule has 0 spiro atoms. The highest BCUT2D eigenvalue weighted by Crippen LogP contribution is 2.22. The van der Waals surface area contributed by atoms with Crippen LogP contribution < -0.4 is 9.73 Å². The Balaban J connectivity index is 1.80. The molecule has 1 aromatic heterocycles. The molecule has 0 bridgehead atoms. The summed E-state index contributed by atoms with van der Waals surface area (Å²) in [5.41, 5.74) is 3.50. The van der Waals surface area contributed by atoms with E-state index in [9.17, 15) is 13.2 Å². The first-order valence-corrected chi connectivity index (χ1v) is 9.86. The van der Waals surface area contributed by atoms with Gasteiger partial charge in [-0.1, -0.05) is 36.4 Å². The topological polar surface area (TPSA) is 91.7 Å². The fourth-order valence-corrected chi connectivity index (χ4v) is 3.87. The number of hydrogen-bond donors (Lipinski definition) is 1. The van der Waals surface area contributed by atoms with Gasteiger partial charge in [0.1, 0.15) is 6.54 Å². The summed E-state index contributed by atoms with van der Waals surface area (Å²) in [7, 11) is -3.91. The van der Waals surface area contributed by atoms with E-state index in [4.69, 9.17) is 0 Å². The second-order valence-electron chi connectivity index (χ2n) is 5.73. The van der Waals surface area contributed by atoms with Gasteiger partial charge in [0.2, 0.25) is 0 Å². The number of hydrogen-bond acceptors (Lipinski definition) is 5. The SMILES string of the molecule is O=C(CN(c1ccccc1)S(=O)(=O)c1ccccc1)N/N=C\c1ccncc1. The quantitative estimate of drug-likeness (QED) is 0.492. The van der Waals surface area contributed by atoms with Crippen molar-refractivity contribution in [1.82, 2.24) is 10.4 Å². The van der Waals surface area contributed by atoms with E-state index in [0.29, 0.717) is 5.69 Å². The predicted molar refractivity (Wildman–Crippen MR) is 107 cm³/mol. The number of hydrazone groups is 1. The van der Waals surface area contributed by atoms with Crippen LogP contribution in [0, 0.1) is 0 Å². The van der Waals surface area contributed by atoms with Gasteiger partial charge in [0.15, 0.2) is 0 Å². The van der Waals surface area contributed by atoms with Gasteiger partial charge in [0.25, 0.3) is 15.9 Å². The number of carbonyl (C=O) groups excluding carboxylic acids is 1. The van der Waals surface area contributed by atoms with E-state index in [1.807, 2.05) is 0 Å². The molecule has 8 heteroatoms. The Bertz CT molecular complexity index is 1040. The average Bonchev–Trinajstić information content (AvgIpc) is 2.74. The molecule has 2 aromatic carbocycles. The molecule has 0 aliphatic heterocycles. The number of aromatic nitrogens is 1. The molecule has 3 aromatic rings. The van der Waals surface area contributed by atoms with Gasteiger partial charge in [-0.2, -0.15) is 5.10 Å². The lowest BCUT2D eigenvalue weighted by molar-refractivity contribution is -0.119. The number of amides is 1. The van der Waals surface area contributed by atoms with Crippen LogP contribution in [-0.4, -0.2) is 32.1 Å². The molecule has 142 valence electrons. The normalized spacial score (nSPS) is 11.3. The molecule has 1 heterocycles. The number of nitrogens with one attached hydrogen (secondary N) is 1. The summed E-state index contributed by atoms with van der Waals surface area (Å²) in [6, 6.07) is 19.9. The van der Waals surface area contributed by atoms with Crippen LogP contribution >= 0.6 is 0 Å². The molecule has 0 radical (unpaired) electrons. The van der Waals surface area contributed by atoms with Gasteiger partial charge in [-0.05, 0) is 42.0 Å². The first-order chi connectivity index (χ1) is 13.6. The second kappa shape index (κ2) is 8.92. The van der Waals surface area contributed by atoms with Crippen LogP contribution in [0.4, 0.5) is 5.69 Å². The summed E-state index contributed by atoms with van der Waals surface area (Å²) in [5, 5.41) is 3.87. The van der Waals surface area contributed by atoms with Crippen LogP contribution in [0.3, 0.4) is 0 Å². The molecule has 1 amide bonds. The lowest BCUT2D eigenvalue weighted by atomic mass is 10.3. The van der Waals surface area contributed by atoms with Crippen molar-refractivity contribution in [3.8, 4) is 0 Å². The minimum Gasteiger partial charge on any atom is -0.271 e. The van der Waals surface area contributed by atoms with Gasteiger partial charge in [0.05, 0.1) is 16.8 Å². The maximum atomic E-state index is 13.1. The van der Waals surface area contributed by atoms with Gasteiger partial charge < -0.3 is 0 Å². The van der Waals surface area contributed by atoms with Crippen molar-refractivity contribution in [2.75, 3.05) is 10.8 Å². The zero-order chi connectivity index (χ0) is 19.8. The van der Waals surface area contributed by atoms with Crippen molar-refractivity contribution in [1.29, 1.82) is 0 Å². The van der Waals surface area contributed by atoms with Gasteiger partial charge >= 0.3 is 0 Å². The van der Waals surface area contributed by atoms with Crippen molar-refractivity contribution in [2.45, 2.75) is 4.90 Å². The third-order valence-corrected chi connectivity index (χ3v) is 5.56. The molecule has 0 unspecified atom stereocenters. The van der Waals surface area contributed by atoms with Gasteiger partial charge in [0, 0.05) is 12.4 Å². The Kier molecular flexibility index (Phi) is 6.13. The van der Waals surface area contributed by atoms with Crippen LogP contribution in [-0.2, 0) is 14.8 Å². The number of sulfonamides is 1. The highest BCUT2D eigenvalue weighted by atomic mass is 32.2. The van der Waals surface area contributed by atoms with E-state index in [0.717, 1.165) is 9.87 Å². The maximum absolute atomic E-state index is 13.1. The fraction of sp³-hybridized carbons (Fsp3) is 0.0500. The highest BCUT2D eigenvalue weighted by molar-refractivity contribution is 7.92. The van der Waals surface area contributed by atoms with Crippen molar-refractivity contribution < 1.29 is 13.2 Å². The van der Waals surface area contributed by atoms with Crippen molar-refractivity contribution in [3.63, 3.8) is 0 Å². The maximum Gasteiger partial charge on any atom is 0.264 e. The number of nitrogens with zero attached hydrogens (tertiary/aromatic N) is 3. The molecular weight excluding hydrogens is 376 g/mol. The molecule has 0 fully saturated rings. The van der Waals surface area contributed by atoms with E-state index in [1.54, 1.807) is 73.1 Å². The third kappa shape index (κ3) is 4.80. The van der Waals surface area contributed by atoms with Crippen molar-refractivity contribution in [2.24, 2.45) is 5.10 Å². The molecule has 1 N–H and O–H groups in total. The number of pyridine rings is 1. The smallest absolute Gasteiger partial charge is 0.264 e. The minimum absolute atomic E-state index is 0.104.